The molecular formula is C24H31ClN2O2S. The second-order valence-electron chi connectivity index (χ2n) is 7.62. The largest absolute Gasteiger partial charge is 0.354 e. The predicted molar refractivity (Wildman–Crippen MR) is 126 cm³/mol. The van der Waals surface area contributed by atoms with Crippen LogP contribution in [0, 0.1) is 5.92 Å². The summed E-state index contributed by atoms with van der Waals surface area (Å²) in [6, 6.07) is 17.0. The highest BCUT2D eigenvalue weighted by molar-refractivity contribution is 7.99. The van der Waals surface area contributed by atoms with Gasteiger partial charge in [-0.05, 0) is 42.2 Å². The normalized spacial score (nSPS) is 11.9. The van der Waals surface area contributed by atoms with Crippen LogP contribution in [0.1, 0.15) is 39.2 Å². The van der Waals surface area contributed by atoms with E-state index in [1.807, 2.05) is 61.5 Å². The van der Waals surface area contributed by atoms with E-state index in [2.05, 4.69) is 19.2 Å². The Morgan fingerprint density at radius 3 is 2.33 bits per heavy atom. The first-order valence-corrected chi connectivity index (χ1v) is 11.8. The SMILES string of the molecule is CCC(C(=O)NCC(C)C)N(Cc1ccc(Cl)cc1)C(=O)CCSc1ccccc1. The summed E-state index contributed by atoms with van der Waals surface area (Å²) in [7, 11) is 0. The second kappa shape index (κ2) is 12.7. The number of benzene rings is 2. The molecule has 6 heteroatoms. The molecule has 0 aliphatic rings. The minimum absolute atomic E-state index is 0.0140. The first-order chi connectivity index (χ1) is 14.4. The molecule has 1 N–H and O–H groups in total. The zero-order valence-electron chi connectivity index (χ0n) is 17.9. The van der Waals surface area contributed by atoms with Gasteiger partial charge in [0.1, 0.15) is 6.04 Å². The molecule has 30 heavy (non-hydrogen) atoms. The molecule has 0 radical (unpaired) electrons. The summed E-state index contributed by atoms with van der Waals surface area (Å²) in [5, 5.41) is 3.64. The third-order valence-electron chi connectivity index (χ3n) is 4.66. The summed E-state index contributed by atoms with van der Waals surface area (Å²) in [4.78, 5) is 28.8. The van der Waals surface area contributed by atoms with Crippen molar-refractivity contribution in [2.45, 2.75) is 51.1 Å². The molecule has 0 aliphatic heterocycles. The van der Waals surface area contributed by atoms with E-state index in [0.29, 0.717) is 42.6 Å². The number of amides is 2. The van der Waals surface area contributed by atoms with E-state index in [1.54, 1.807) is 16.7 Å². The van der Waals surface area contributed by atoms with Gasteiger partial charge in [0.2, 0.25) is 11.8 Å². The van der Waals surface area contributed by atoms with Crippen LogP contribution in [0.5, 0.6) is 0 Å². The van der Waals surface area contributed by atoms with Gasteiger partial charge < -0.3 is 10.2 Å². The lowest BCUT2D eigenvalue weighted by Crippen LogP contribution is -2.49. The number of carbonyl (C=O) groups is 2. The van der Waals surface area contributed by atoms with Gasteiger partial charge in [0.15, 0.2) is 0 Å². The molecule has 1 atom stereocenters. The van der Waals surface area contributed by atoms with Crippen molar-refractivity contribution < 1.29 is 9.59 Å². The molecule has 0 aliphatic carbocycles. The number of nitrogens with one attached hydrogen (secondary N) is 1. The minimum Gasteiger partial charge on any atom is -0.354 e. The quantitative estimate of drug-likeness (QED) is 0.470. The highest BCUT2D eigenvalue weighted by Gasteiger charge is 2.28. The number of hydrogen-bond acceptors (Lipinski definition) is 3. The number of nitrogens with zero attached hydrogens (tertiary/aromatic N) is 1. The van der Waals surface area contributed by atoms with Crippen LogP contribution in [0.3, 0.4) is 0 Å². The lowest BCUT2D eigenvalue weighted by Gasteiger charge is -2.31. The Balaban J connectivity index is 2.10. The van der Waals surface area contributed by atoms with Gasteiger partial charge in [-0.3, -0.25) is 9.59 Å². The molecule has 162 valence electrons. The summed E-state index contributed by atoms with van der Waals surface area (Å²) in [6.07, 6.45) is 0.941. The summed E-state index contributed by atoms with van der Waals surface area (Å²) in [5.74, 6) is 0.919. The molecule has 2 aromatic rings. The molecule has 0 heterocycles. The van der Waals surface area contributed by atoms with E-state index in [9.17, 15) is 9.59 Å². The van der Waals surface area contributed by atoms with Crippen LogP contribution in [-0.4, -0.2) is 35.1 Å². The van der Waals surface area contributed by atoms with Crippen molar-refractivity contribution >= 4 is 35.2 Å². The maximum atomic E-state index is 13.2. The van der Waals surface area contributed by atoms with Crippen LogP contribution >= 0.6 is 23.4 Å². The molecule has 2 rings (SSSR count). The lowest BCUT2D eigenvalue weighted by atomic mass is 10.1. The van der Waals surface area contributed by atoms with E-state index in [1.165, 1.54) is 0 Å². The minimum atomic E-state index is -0.492. The molecule has 1 unspecified atom stereocenters. The molecule has 0 fully saturated rings. The van der Waals surface area contributed by atoms with E-state index in [4.69, 9.17) is 11.6 Å². The Bertz CT molecular complexity index is 797. The smallest absolute Gasteiger partial charge is 0.242 e. The van der Waals surface area contributed by atoms with Crippen LogP contribution in [-0.2, 0) is 16.1 Å². The van der Waals surface area contributed by atoms with Crippen molar-refractivity contribution in [2.75, 3.05) is 12.3 Å². The molecule has 0 bridgehead atoms. The Hall–Kier alpha value is -1.98. The summed E-state index contributed by atoms with van der Waals surface area (Å²) in [6.45, 7) is 7.04. The molecular weight excluding hydrogens is 416 g/mol. The summed E-state index contributed by atoms with van der Waals surface area (Å²) >= 11 is 7.65. The highest BCUT2D eigenvalue weighted by Crippen LogP contribution is 2.20. The van der Waals surface area contributed by atoms with E-state index >= 15 is 0 Å². The lowest BCUT2D eigenvalue weighted by molar-refractivity contribution is -0.141. The maximum Gasteiger partial charge on any atom is 0.242 e. The van der Waals surface area contributed by atoms with Crippen molar-refractivity contribution in [3.8, 4) is 0 Å². The highest BCUT2D eigenvalue weighted by atomic mass is 35.5. The van der Waals surface area contributed by atoms with Gasteiger partial charge >= 0.3 is 0 Å². The third-order valence-corrected chi connectivity index (χ3v) is 5.93. The van der Waals surface area contributed by atoms with Gasteiger partial charge in [0.25, 0.3) is 0 Å². The number of rotatable bonds is 11. The average molecular weight is 447 g/mol. The fourth-order valence-electron chi connectivity index (χ4n) is 3.05. The van der Waals surface area contributed by atoms with Crippen LogP contribution in [0.15, 0.2) is 59.5 Å². The topological polar surface area (TPSA) is 49.4 Å². The maximum absolute atomic E-state index is 13.2. The molecule has 0 spiro atoms. The average Bonchev–Trinajstić information content (AvgIpc) is 2.74. The number of halogens is 1. The molecule has 2 amide bonds. The van der Waals surface area contributed by atoms with Gasteiger partial charge in [0, 0.05) is 35.2 Å². The third kappa shape index (κ3) is 8.04. The van der Waals surface area contributed by atoms with Gasteiger partial charge in [-0.25, -0.2) is 0 Å². The van der Waals surface area contributed by atoms with Gasteiger partial charge in [-0.15, -0.1) is 11.8 Å². The fourth-order valence-corrected chi connectivity index (χ4v) is 4.03. The van der Waals surface area contributed by atoms with Crippen molar-refractivity contribution in [1.29, 1.82) is 0 Å². The van der Waals surface area contributed by atoms with E-state index in [0.717, 1.165) is 10.5 Å². The summed E-state index contributed by atoms with van der Waals surface area (Å²) < 4.78 is 0. The Morgan fingerprint density at radius 1 is 1.07 bits per heavy atom. The van der Waals surface area contributed by atoms with E-state index in [-0.39, 0.29) is 11.8 Å². The Labute approximate surface area is 189 Å². The van der Waals surface area contributed by atoms with Crippen LogP contribution in [0.25, 0.3) is 0 Å². The zero-order valence-corrected chi connectivity index (χ0v) is 19.5. The van der Waals surface area contributed by atoms with Crippen molar-refractivity contribution in [3.05, 3.63) is 65.2 Å². The number of hydrogen-bond donors (Lipinski definition) is 1. The fraction of sp³-hybridized carbons (Fsp3) is 0.417. The van der Waals surface area contributed by atoms with Crippen LogP contribution in [0.2, 0.25) is 5.02 Å². The zero-order chi connectivity index (χ0) is 21.9. The molecule has 0 aromatic heterocycles. The van der Waals surface area contributed by atoms with Gasteiger partial charge in [0.05, 0.1) is 0 Å². The van der Waals surface area contributed by atoms with Crippen molar-refractivity contribution in [2.24, 2.45) is 5.92 Å². The monoisotopic (exact) mass is 446 g/mol. The number of carbonyl (C=O) groups excluding carboxylic acids is 2. The molecule has 4 nitrogen and oxygen atoms in total. The van der Waals surface area contributed by atoms with Gasteiger partial charge in [-0.1, -0.05) is 62.7 Å². The van der Waals surface area contributed by atoms with Crippen molar-refractivity contribution in [3.63, 3.8) is 0 Å². The van der Waals surface area contributed by atoms with Gasteiger partial charge in [-0.2, -0.15) is 0 Å². The number of thioether (sulfide) groups is 1. The van der Waals surface area contributed by atoms with Crippen LogP contribution in [0.4, 0.5) is 0 Å². The standard InChI is InChI=1S/C24H31ClN2O2S/c1-4-22(24(29)26-16-18(2)3)27(17-19-10-12-20(25)13-11-19)23(28)14-15-30-21-8-6-5-7-9-21/h5-13,18,22H,4,14-17H2,1-3H3,(H,26,29). The first-order valence-electron chi connectivity index (χ1n) is 10.4. The second-order valence-corrected chi connectivity index (χ2v) is 9.23. The Kier molecular flexibility index (Phi) is 10.2. The van der Waals surface area contributed by atoms with Crippen LogP contribution < -0.4 is 5.32 Å². The molecule has 0 saturated carbocycles. The predicted octanol–water partition coefficient (Wildman–Crippen LogP) is 5.40. The Morgan fingerprint density at radius 2 is 1.73 bits per heavy atom. The molecule has 0 saturated heterocycles. The summed E-state index contributed by atoms with van der Waals surface area (Å²) in [5.41, 5.74) is 0.957. The van der Waals surface area contributed by atoms with Crippen molar-refractivity contribution in [1.82, 2.24) is 10.2 Å². The van der Waals surface area contributed by atoms with E-state index < -0.39 is 6.04 Å². The molecule has 2 aromatic carbocycles. The first kappa shape index (κ1) is 24.3.